The predicted molar refractivity (Wildman–Crippen MR) is 85.2 cm³/mol. The fourth-order valence-electron chi connectivity index (χ4n) is 2.01. The van der Waals surface area contributed by atoms with Gasteiger partial charge in [0.15, 0.2) is 5.70 Å². The lowest BCUT2D eigenvalue weighted by Crippen LogP contribution is -2.05. The van der Waals surface area contributed by atoms with Crippen molar-refractivity contribution in [2.75, 3.05) is 0 Å². The average Bonchev–Trinajstić information content (AvgIpc) is 2.88. The number of nitrogens with zero attached hydrogens (tertiary/aromatic N) is 2. The molecule has 0 aliphatic carbocycles. The monoisotopic (exact) mass is 328 g/mol. The highest BCUT2D eigenvalue weighted by atomic mass is 35.5. The molecule has 0 spiro atoms. The molecule has 0 unspecified atom stereocenters. The number of nitro groups is 1. The Morgan fingerprint density at radius 1 is 1.17 bits per heavy atom. The number of hydrogen-bond acceptors (Lipinski definition) is 5. The lowest BCUT2D eigenvalue weighted by atomic mass is 10.2. The van der Waals surface area contributed by atoms with Gasteiger partial charge in [-0.1, -0.05) is 23.7 Å². The Morgan fingerprint density at radius 3 is 2.57 bits per heavy atom. The van der Waals surface area contributed by atoms with Crippen LogP contribution in [0.4, 0.5) is 5.69 Å². The standard InChI is InChI=1S/C16H9ClN2O4/c17-12-3-1-2-10(8-12)9-14-16(20)23-15(18-14)11-4-6-13(7-5-11)19(21)22/h1-9H. The maximum absolute atomic E-state index is 11.9. The summed E-state index contributed by atoms with van der Waals surface area (Å²) >= 11 is 5.90. The van der Waals surface area contributed by atoms with Gasteiger partial charge < -0.3 is 4.74 Å². The summed E-state index contributed by atoms with van der Waals surface area (Å²) in [4.78, 5) is 26.1. The van der Waals surface area contributed by atoms with E-state index in [1.54, 1.807) is 30.3 Å². The summed E-state index contributed by atoms with van der Waals surface area (Å²) in [6, 6.07) is 12.6. The number of rotatable bonds is 3. The summed E-state index contributed by atoms with van der Waals surface area (Å²) < 4.78 is 5.10. The van der Waals surface area contributed by atoms with E-state index in [9.17, 15) is 14.9 Å². The second kappa shape index (κ2) is 6.02. The summed E-state index contributed by atoms with van der Waals surface area (Å²) in [6.45, 7) is 0. The Morgan fingerprint density at radius 2 is 1.91 bits per heavy atom. The van der Waals surface area contributed by atoms with Crippen molar-refractivity contribution in [2.45, 2.75) is 0 Å². The third-order valence-corrected chi connectivity index (χ3v) is 3.33. The van der Waals surface area contributed by atoms with Crippen LogP contribution in [0.1, 0.15) is 11.1 Å². The van der Waals surface area contributed by atoms with E-state index in [1.165, 1.54) is 24.3 Å². The first-order valence-corrected chi connectivity index (χ1v) is 6.94. The van der Waals surface area contributed by atoms with Crippen LogP contribution in [-0.2, 0) is 9.53 Å². The molecule has 2 aromatic carbocycles. The van der Waals surface area contributed by atoms with Gasteiger partial charge in [-0.2, -0.15) is 0 Å². The molecule has 1 heterocycles. The van der Waals surface area contributed by atoms with Gasteiger partial charge in [-0.25, -0.2) is 9.79 Å². The minimum absolute atomic E-state index is 0.0478. The topological polar surface area (TPSA) is 81.8 Å². The Hall–Kier alpha value is -2.99. The molecule has 0 saturated carbocycles. The number of cyclic esters (lactones) is 1. The lowest BCUT2D eigenvalue weighted by molar-refractivity contribution is -0.384. The number of non-ortho nitro benzene ring substituents is 1. The van der Waals surface area contributed by atoms with Crippen LogP contribution in [0, 0.1) is 10.1 Å². The highest BCUT2D eigenvalue weighted by molar-refractivity contribution is 6.30. The van der Waals surface area contributed by atoms with Gasteiger partial charge in [0.25, 0.3) is 5.69 Å². The fourth-order valence-corrected chi connectivity index (χ4v) is 2.21. The van der Waals surface area contributed by atoms with E-state index in [1.807, 2.05) is 0 Å². The zero-order chi connectivity index (χ0) is 16.4. The first kappa shape index (κ1) is 14.9. The summed E-state index contributed by atoms with van der Waals surface area (Å²) in [5.74, 6) is -0.475. The van der Waals surface area contributed by atoms with E-state index >= 15 is 0 Å². The molecule has 0 bridgehead atoms. The van der Waals surface area contributed by atoms with Crippen LogP contribution in [0.5, 0.6) is 0 Å². The van der Waals surface area contributed by atoms with Crippen LogP contribution in [0.2, 0.25) is 5.02 Å². The van der Waals surface area contributed by atoms with Gasteiger partial charge in [0, 0.05) is 22.7 Å². The maximum atomic E-state index is 11.9. The zero-order valence-corrected chi connectivity index (χ0v) is 12.4. The molecule has 0 fully saturated rings. The van der Waals surface area contributed by atoms with Crippen LogP contribution in [0.25, 0.3) is 6.08 Å². The average molecular weight is 329 g/mol. The number of aliphatic imine (C=N–C) groups is 1. The second-order valence-electron chi connectivity index (χ2n) is 4.70. The van der Waals surface area contributed by atoms with Crippen molar-refractivity contribution in [3.8, 4) is 0 Å². The van der Waals surface area contributed by atoms with Crippen molar-refractivity contribution in [1.82, 2.24) is 0 Å². The molecular formula is C16H9ClN2O4. The molecule has 0 atom stereocenters. The van der Waals surface area contributed by atoms with Crippen molar-refractivity contribution in [1.29, 1.82) is 0 Å². The number of esters is 1. The van der Waals surface area contributed by atoms with E-state index in [4.69, 9.17) is 16.3 Å². The number of nitro benzene ring substituents is 1. The Labute approximate surface area is 135 Å². The second-order valence-corrected chi connectivity index (χ2v) is 5.13. The van der Waals surface area contributed by atoms with E-state index in [-0.39, 0.29) is 17.3 Å². The SMILES string of the molecule is O=C1OC(c2ccc([N+](=O)[O-])cc2)=NC1=Cc1cccc(Cl)c1. The maximum Gasteiger partial charge on any atom is 0.363 e. The van der Waals surface area contributed by atoms with Crippen molar-refractivity contribution in [3.05, 3.63) is 80.5 Å². The molecule has 6 nitrogen and oxygen atoms in total. The van der Waals surface area contributed by atoms with Crippen molar-refractivity contribution >= 4 is 35.2 Å². The highest BCUT2D eigenvalue weighted by Crippen LogP contribution is 2.21. The Balaban J connectivity index is 1.90. The quantitative estimate of drug-likeness (QED) is 0.373. The molecule has 0 aromatic heterocycles. The molecule has 0 saturated heterocycles. The predicted octanol–water partition coefficient (Wildman–Crippen LogP) is 3.59. The van der Waals surface area contributed by atoms with Gasteiger partial charge in [-0.3, -0.25) is 10.1 Å². The first-order chi connectivity index (χ1) is 11.0. The van der Waals surface area contributed by atoms with Crippen LogP contribution < -0.4 is 0 Å². The Kier molecular flexibility index (Phi) is 3.91. The van der Waals surface area contributed by atoms with Crippen molar-refractivity contribution in [2.24, 2.45) is 4.99 Å². The van der Waals surface area contributed by atoms with Crippen molar-refractivity contribution < 1.29 is 14.5 Å². The largest absolute Gasteiger partial charge is 0.402 e. The van der Waals surface area contributed by atoms with Gasteiger partial charge in [0.2, 0.25) is 5.90 Å². The van der Waals surface area contributed by atoms with Gasteiger partial charge in [0.1, 0.15) is 0 Å². The van der Waals surface area contributed by atoms with Gasteiger partial charge in [0.05, 0.1) is 4.92 Å². The molecule has 114 valence electrons. The van der Waals surface area contributed by atoms with E-state index in [0.717, 1.165) is 5.56 Å². The van der Waals surface area contributed by atoms with Gasteiger partial charge >= 0.3 is 5.97 Å². The third-order valence-electron chi connectivity index (χ3n) is 3.10. The molecule has 1 aliphatic rings. The number of carbonyl (C=O) groups is 1. The number of benzene rings is 2. The molecule has 7 heteroatoms. The summed E-state index contributed by atoms with van der Waals surface area (Å²) in [5.41, 5.74) is 1.30. The minimum atomic E-state index is -0.585. The number of halogens is 1. The van der Waals surface area contributed by atoms with Crippen molar-refractivity contribution in [3.63, 3.8) is 0 Å². The summed E-state index contributed by atoms with van der Waals surface area (Å²) in [5, 5.41) is 11.2. The molecule has 1 aliphatic heterocycles. The number of hydrogen-bond donors (Lipinski definition) is 0. The molecule has 3 rings (SSSR count). The minimum Gasteiger partial charge on any atom is -0.402 e. The summed E-state index contributed by atoms with van der Waals surface area (Å²) in [7, 11) is 0. The molecule has 0 radical (unpaired) electrons. The van der Waals surface area contributed by atoms with E-state index < -0.39 is 10.9 Å². The smallest absolute Gasteiger partial charge is 0.363 e. The van der Waals surface area contributed by atoms with Gasteiger partial charge in [-0.05, 0) is 35.9 Å². The Bertz CT molecular complexity index is 857. The van der Waals surface area contributed by atoms with Gasteiger partial charge in [-0.15, -0.1) is 0 Å². The molecule has 0 N–H and O–H groups in total. The van der Waals surface area contributed by atoms with Crippen LogP contribution in [0.3, 0.4) is 0 Å². The van der Waals surface area contributed by atoms with Crippen LogP contribution >= 0.6 is 11.6 Å². The summed E-state index contributed by atoms with van der Waals surface area (Å²) in [6.07, 6.45) is 1.56. The molecular weight excluding hydrogens is 320 g/mol. The normalized spacial score (nSPS) is 15.4. The fraction of sp³-hybridized carbons (Fsp3) is 0. The third kappa shape index (κ3) is 3.27. The highest BCUT2D eigenvalue weighted by Gasteiger charge is 2.24. The molecule has 23 heavy (non-hydrogen) atoms. The lowest BCUT2D eigenvalue weighted by Gasteiger charge is -1.98. The number of ether oxygens (including phenoxy) is 1. The van der Waals surface area contributed by atoms with E-state index in [2.05, 4.69) is 4.99 Å². The van der Waals surface area contributed by atoms with E-state index in [0.29, 0.717) is 10.6 Å². The van der Waals surface area contributed by atoms with Crippen LogP contribution in [-0.4, -0.2) is 16.8 Å². The zero-order valence-electron chi connectivity index (χ0n) is 11.6. The first-order valence-electron chi connectivity index (χ1n) is 6.56. The molecule has 2 aromatic rings. The molecule has 0 amide bonds. The van der Waals surface area contributed by atoms with Crippen LogP contribution in [0.15, 0.2) is 59.2 Å². The number of carbonyl (C=O) groups excluding carboxylic acids is 1.